The third-order valence-electron chi connectivity index (χ3n) is 5.46. The van der Waals surface area contributed by atoms with Crippen molar-refractivity contribution in [2.45, 2.75) is 52.5 Å². The molecule has 30 heavy (non-hydrogen) atoms. The molecule has 1 aliphatic rings. The van der Waals surface area contributed by atoms with Gasteiger partial charge in [0.15, 0.2) is 0 Å². The van der Waals surface area contributed by atoms with E-state index in [1.54, 1.807) is 20.4 Å². The molecule has 6 nitrogen and oxygen atoms in total. The lowest BCUT2D eigenvalue weighted by Crippen LogP contribution is -2.42. The van der Waals surface area contributed by atoms with Crippen LogP contribution in [-0.2, 0) is 0 Å². The first-order valence-corrected chi connectivity index (χ1v) is 11.2. The third-order valence-corrected chi connectivity index (χ3v) is 5.86. The molecule has 1 fully saturated rings. The van der Waals surface area contributed by atoms with Crippen LogP contribution >= 0.6 is 11.6 Å². The van der Waals surface area contributed by atoms with Gasteiger partial charge in [0, 0.05) is 31.8 Å². The summed E-state index contributed by atoms with van der Waals surface area (Å²) in [5, 5.41) is 4.20. The minimum absolute atomic E-state index is 0.345. The van der Waals surface area contributed by atoms with Crippen LogP contribution in [0.25, 0.3) is 5.70 Å². The molecular weight excluding hydrogens is 398 g/mol. The SMILES string of the molecule is CN=C(Cl)/C(CN1CCCCC(NCCC(C)(C)C)C1)=C(\N)c1ccc(OC)cn1. The highest BCUT2D eigenvalue weighted by Crippen LogP contribution is 2.21. The third kappa shape index (κ3) is 7.89. The predicted octanol–water partition coefficient (Wildman–Crippen LogP) is 3.91. The van der Waals surface area contributed by atoms with E-state index in [-0.39, 0.29) is 0 Å². The van der Waals surface area contributed by atoms with E-state index in [9.17, 15) is 0 Å². The van der Waals surface area contributed by atoms with Crippen molar-refractivity contribution in [1.29, 1.82) is 0 Å². The number of methoxy groups -OCH3 is 1. The zero-order chi connectivity index (χ0) is 22.1. The maximum atomic E-state index is 6.49. The van der Waals surface area contributed by atoms with Crippen LogP contribution in [0.2, 0.25) is 0 Å². The van der Waals surface area contributed by atoms with Gasteiger partial charge in [-0.25, -0.2) is 0 Å². The normalized spacial score (nSPS) is 19.9. The smallest absolute Gasteiger partial charge is 0.137 e. The number of ether oxygens (including phenoxy) is 1. The number of nitrogens with zero attached hydrogens (tertiary/aromatic N) is 3. The Kier molecular flexibility index (Phi) is 9.59. The summed E-state index contributed by atoms with van der Waals surface area (Å²) in [5.41, 5.74) is 8.91. The second-order valence-corrected chi connectivity index (χ2v) is 9.54. The molecule has 1 aromatic rings. The number of nitrogens with one attached hydrogen (secondary N) is 1. The zero-order valence-corrected chi connectivity index (χ0v) is 19.9. The Hall–Kier alpha value is -1.63. The summed E-state index contributed by atoms with van der Waals surface area (Å²) in [6.45, 7) is 10.6. The summed E-state index contributed by atoms with van der Waals surface area (Å²) in [4.78, 5) is 11.1. The van der Waals surface area contributed by atoms with Crippen LogP contribution in [0.4, 0.5) is 0 Å². The molecule has 0 aromatic carbocycles. The van der Waals surface area contributed by atoms with Gasteiger partial charge in [-0.15, -0.1) is 0 Å². The van der Waals surface area contributed by atoms with E-state index >= 15 is 0 Å². The van der Waals surface area contributed by atoms with Crippen LogP contribution in [0.5, 0.6) is 5.75 Å². The number of nitrogens with two attached hydrogens (primary N) is 1. The molecule has 0 saturated carbocycles. The van der Waals surface area contributed by atoms with Crippen LogP contribution in [-0.4, -0.2) is 61.4 Å². The molecule has 0 radical (unpaired) electrons. The molecule has 1 atom stereocenters. The van der Waals surface area contributed by atoms with Gasteiger partial charge in [-0.3, -0.25) is 14.9 Å². The number of hydrogen-bond acceptors (Lipinski definition) is 6. The Morgan fingerprint density at radius 1 is 1.37 bits per heavy atom. The van der Waals surface area contributed by atoms with Gasteiger partial charge in [-0.05, 0) is 49.9 Å². The van der Waals surface area contributed by atoms with Crippen molar-refractivity contribution in [3.05, 3.63) is 29.6 Å². The number of pyridine rings is 1. The maximum Gasteiger partial charge on any atom is 0.137 e. The molecule has 2 rings (SSSR count). The van der Waals surface area contributed by atoms with E-state index in [4.69, 9.17) is 22.1 Å². The van der Waals surface area contributed by atoms with Crippen molar-refractivity contribution in [2.24, 2.45) is 16.1 Å². The van der Waals surface area contributed by atoms with Crippen molar-refractivity contribution in [1.82, 2.24) is 15.2 Å². The van der Waals surface area contributed by atoms with Crippen molar-refractivity contribution in [2.75, 3.05) is 40.3 Å². The minimum atomic E-state index is 0.345. The van der Waals surface area contributed by atoms with Gasteiger partial charge >= 0.3 is 0 Å². The molecule has 1 aliphatic heterocycles. The minimum Gasteiger partial charge on any atom is -0.495 e. The number of likely N-dealkylation sites (tertiary alicyclic amines) is 1. The summed E-state index contributed by atoms with van der Waals surface area (Å²) >= 11 is 6.48. The molecule has 3 N–H and O–H groups in total. The van der Waals surface area contributed by atoms with Gasteiger partial charge < -0.3 is 15.8 Å². The monoisotopic (exact) mass is 435 g/mol. The van der Waals surface area contributed by atoms with Crippen molar-refractivity contribution in [3.8, 4) is 5.75 Å². The summed E-state index contributed by atoms with van der Waals surface area (Å²) in [6.07, 6.45) is 6.43. The number of rotatable bonds is 8. The molecule has 1 unspecified atom stereocenters. The van der Waals surface area contributed by atoms with Crippen molar-refractivity contribution in [3.63, 3.8) is 0 Å². The molecule has 0 amide bonds. The highest BCUT2D eigenvalue weighted by atomic mass is 35.5. The molecule has 0 spiro atoms. The Labute approximate surface area is 186 Å². The molecular formula is C23H38ClN5O. The maximum absolute atomic E-state index is 6.49. The number of hydrogen-bond donors (Lipinski definition) is 2. The van der Waals surface area contributed by atoms with Crippen LogP contribution in [0.1, 0.15) is 52.1 Å². The van der Waals surface area contributed by atoms with Gasteiger partial charge in [0.1, 0.15) is 10.9 Å². The van der Waals surface area contributed by atoms with Gasteiger partial charge in [-0.2, -0.15) is 0 Å². The molecule has 0 aliphatic carbocycles. The zero-order valence-electron chi connectivity index (χ0n) is 19.2. The average molecular weight is 436 g/mol. The quantitative estimate of drug-likeness (QED) is 0.605. The van der Waals surface area contributed by atoms with Gasteiger partial charge in [-0.1, -0.05) is 38.8 Å². The summed E-state index contributed by atoms with van der Waals surface area (Å²) < 4.78 is 5.19. The van der Waals surface area contributed by atoms with Gasteiger partial charge in [0.05, 0.1) is 24.7 Å². The number of halogens is 1. The Balaban J connectivity index is 2.13. The van der Waals surface area contributed by atoms with Crippen molar-refractivity contribution >= 4 is 22.5 Å². The van der Waals surface area contributed by atoms with Crippen LogP contribution in [0, 0.1) is 5.41 Å². The van der Waals surface area contributed by atoms with E-state index < -0.39 is 0 Å². The second-order valence-electron chi connectivity index (χ2n) is 9.18. The fourth-order valence-corrected chi connectivity index (χ4v) is 3.78. The highest BCUT2D eigenvalue weighted by molar-refractivity contribution is 6.70. The van der Waals surface area contributed by atoms with Crippen LogP contribution in [0.3, 0.4) is 0 Å². The Morgan fingerprint density at radius 2 is 2.13 bits per heavy atom. The first kappa shape index (κ1) is 24.6. The second kappa shape index (κ2) is 11.7. The number of aliphatic imine (C=N–C) groups is 1. The fraction of sp³-hybridized carbons (Fsp3) is 0.652. The van der Waals surface area contributed by atoms with Crippen LogP contribution < -0.4 is 15.8 Å². The summed E-state index contributed by atoms with van der Waals surface area (Å²) in [7, 11) is 3.31. The largest absolute Gasteiger partial charge is 0.495 e. The van der Waals surface area contributed by atoms with Gasteiger partial charge in [0.2, 0.25) is 0 Å². The molecule has 168 valence electrons. The predicted molar refractivity (Wildman–Crippen MR) is 127 cm³/mol. The van der Waals surface area contributed by atoms with E-state index in [0.29, 0.717) is 40.3 Å². The highest BCUT2D eigenvalue weighted by Gasteiger charge is 2.22. The first-order valence-electron chi connectivity index (χ1n) is 10.8. The number of aromatic nitrogens is 1. The fourth-order valence-electron chi connectivity index (χ4n) is 3.62. The lowest BCUT2D eigenvalue weighted by molar-refractivity contribution is 0.272. The Bertz CT molecular complexity index is 724. The molecule has 1 aromatic heterocycles. The lowest BCUT2D eigenvalue weighted by Gasteiger charge is -2.27. The lowest BCUT2D eigenvalue weighted by atomic mass is 9.92. The average Bonchev–Trinajstić information content (AvgIpc) is 2.95. The van der Waals surface area contributed by atoms with Crippen LogP contribution in [0.15, 0.2) is 28.9 Å². The first-order chi connectivity index (χ1) is 14.2. The topological polar surface area (TPSA) is 75.8 Å². The van der Waals surface area contributed by atoms with Gasteiger partial charge in [0.25, 0.3) is 0 Å². The van der Waals surface area contributed by atoms with Crippen molar-refractivity contribution < 1.29 is 4.74 Å². The molecule has 0 bridgehead atoms. The summed E-state index contributed by atoms with van der Waals surface area (Å²) in [5.74, 6) is 0.694. The molecule has 7 heteroatoms. The van der Waals surface area contributed by atoms with E-state index in [1.807, 2.05) is 12.1 Å². The summed E-state index contributed by atoms with van der Waals surface area (Å²) in [6, 6.07) is 4.19. The molecule has 2 heterocycles. The standard InChI is InChI=1S/C23H38ClN5O/c1-23(2,3)11-12-27-17-8-6-7-13-29(15-17)16-19(22(24)26-4)21(25)20-10-9-18(30-5)14-28-20/h9-10,14,17,27H,6-8,11-13,15-16,25H2,1-5H3/b21-19-,26-22?. The van der Waals surface area contributed by atoms with E-state index in [1.165, 1.54) is 25.7 Å². The van der Waals surface area contributed by atoms with E-state index in [2.05, 4.69) is 41.0 Å². The Morgan fingerprint density at radius 3 is 2.73 bits per heavy atom. The van der Waals surface area contributed by atoms with E-state index in [0.717, 1.165) is 25.2 Å². The molecule has 1 saturated heterocycles.